The molecule has 10 nitrogen and oxygen atoms in total. The topological polar surface area (TPSA) is 116 Å². The van der Waals surface area contributed by atoms with Crippen molar-refractivity contribution in [1.82, 2.24) is 25.2 Å². The van der Waals surface area contributed by atoms with E-state index in [9.17, 15) is 13.6 Å². The van der Waals surface area contributed by atoms with Crippen LogP contribution in [-0.4, -0.2) is 42.9 Å². The van der Waals surface area contributed by atoms with Crippen LogP contribution < -0.4 is 10.1 Å². The van der Waals surface area contributed by atoms with Gasteiger partial charge >= 0.3 is 12.0 Å². The molecule has 0 radical (unpaired) electrons. The third-order valence-corrected chi connectivity index (χ3v) is 4.55. The number of nitrogens with one attached hydrogen (secondary N) is 1. The number of halogens is 2. The Morgan fingerprint density at radius 3 is 2.43 bits per heavy atom. The molecule has 0 saturated carbocycles. The molecular formula is C23H19F2N7O3. The van der Waals surface area contributed by atoms with E-state index in [2.05, 4.69) is 35.7 Å². The molecular weight excluding hydrogens is 460 g/mol. The number of ether oxygens (including phenoxy) is 1. The summed E-state index contributed by atoms with van der Waals surface area (Å²) < 4.78 is 34.3. The van der Waals surface area contributed by atoms with Crippen LogP contribution >= 0.6 is 0 Å². The summed E-state index contributed by atoms with van der Waals surface area (Å²) in [5.41, 5.74) is 1.45. The summed E-state index contributed by atoms with van der Waals surface area (Å²) in [7, 11) is 1.67. The average molecular weight is 479 g/mol. The Morgan fingerprint density at radius 2 is 1.74 bits per heavy atom. The van der Waals surface area contributed by atoms with Crippen LogP contribution in [0.15, 0.2) is 84.0 Å². The third kappa shape index (κ3) is 5.99. The predicted octanol–water partition coefficient (Wildman–Crippen LogP) is 3.18. The summed E-state index contributed by atoms with van der Waals surface area (Å²) in [4.78, 5) is 21.6. The second-order valence-corrected chi connectivity index (χ2v) is 7.11. The van der Waals surface area contributed by atoms with Crippen LogP contribution in [0.4, 0.5) is 14.6 Å². The number of aryl methyl sites for hydroxylation is 1. The fourth-order valence-corrected chi connectivity index (χ4v) is 2.91. The highest BCUT2D eigenvalue weighted by atomic mass is 19.3. The Hall–Kier alpha value is -4.74. The lowest BCUT2D eigenvalue weighted by molar-refractivity contribution is -0.187. The molecule has 2 aromatic carbocycles. The number of alkyl halides is 2. The van der Waals surface area contributed by atoms with Gasteiger partial charge in [0.1, 0.15) is 11.6 Å². The SMILES string of the molecule is Cn1nnnc1C(=NOCc1cccc(NC(=O)C(F)(F)Oc2ccccc2)n1)c1ccccc1. The molecule has 0 unspecified atom stereocenters. The van der Waals surface area contributed by atoms with Crippen LogP contribution in [0.5, 0.6) is 5.75 Å². The van der Waals surface area contributed by atoms with Gasteiger partial charge in [-0.05, 0) is 34.7 Å². The van der Waals surface area contributed by atoms with Crippen LogP contribution in [0, 0.1) is 0 Å². The minimum atomic E-state index is -4.10. The van der Waals surface area contributed by atoms with Gasteiger partial charge in [-0.3, -0.25) is 4.79 Å². The quantitative estimate of drug-likeness (QED) is 0.289. The van der Waals surface area contributed by atoms with E-state index < -0.39 is 12.0 Å². The molecule has 0 bridgehead atoms. The Bertz CT molecular complexity index is 1310. The number of oxime groups is 1. The standard InChI is InChI=1S/C23H19F2N7O3/c1-32-21(28-30-31-32)20(16-9-4-2-5-10-16)29-34-15-17-11-8-14-19(26-17)27-22(33)23(24,25)35-18-12-6-3-7-13-18/h2-14H,15H2,1H3,(H,26,27,33). The summed E-state index contributed by atoms with van der Waals surface area (Å²) in [5, 5.41) is 17.6. The number of carbonyl (C=O) groups is 1. The third-order valence-electron chi connectivity index (χ3n) is 4.55. The largest absolute Gasteiger partial charge is 0.482 e. The Labute approximate surface area is 198 Å². The Kier molecular flexibility index (Phi) is 7.00. The number of hydrogen-bond donors (Lipinski definition) is 1. The molecule has 0 atom stereocenters. The number of carbonyl (C=O) groups excluding carboxylic acids is 1. The first-order chi connectivity index (χ1) is 16.9. The van der Waals surface area contributed by atoms with Crippen LogP contribution in [0.2, 0.25) is 0 Å². The fraction of sp³-hybridized carbons (Fsp3) is 0.130. The van der Waals surface area contributed by atoms with Crippen molar-refractivity contribution in [3.05, 3.63) is 95.9 Å². The van der Waals surface area contributed by atoms with Crippen LogP contribution in [0.1, 0.15) is 17.1 Å². The number of amides is 1. The van der Waals surface area contributed by atoms with Crippen molar-refractivity contribution in [1.29, 1.82) is 0 Å². The van der Waals surface area contributed by atoms with Gasteiger partial charge in [0.2, 0.25) is 5.82 Å². The lowest BCUT2D eigenvalue weighted by Crippen LogP contribution is -2.40. The van der Waals surface area contributed by atoms with E-state index in [0.29, 0.717) is 17.2 Å². The zero-order valence-electron chi connectivity index (χ0n) is 18.4. The maximum atomic E-state index is 14.2. The maximum Gasteiger partial charge on any atom is 0.482 e. The first-order valence-corrected chi connectivity index (χ1v) is 10.3. The summed E-state index contributed by atoms with van der Waals surface area (Å²) >= 11 is 0. The fourth-order valence-electron chi connectivity index (χ4n) is 2.91. The first-order valence-electron chi connectivity index (χ1n) is 10.3. The molecule has 2 heterocycles. The van der Waals surface area contributed by atoms with Gasteiger partial charge < -0.3 is 14.9 Å². The molecule has 12 heteroatoms. The summed E-state index contributed by atoms with van der Waals surface area (Å²) in [6, 6.07) is 21.0. The molecule has 0 aliphatic heterocycles. The number of para-hydroxylation sites is 1. The van der Waals surface area contributed by atoms with Gasteiger partial charge in [-0.25, -0.2) is 9.67 Å². The van der Waals surface area contributed by atoms with Crippen molar-refractivity contribution in [3.63, 3.8) is 0 Å². The first kappa shape index (κ1) is 23.4. The molecule has 4 aromatic rings. The van der Waals surface area contributed by atoms with E-state index >= 15 is 0 Å². The zero-order valence-corrected chi connectivity index (χ0v) is 18.4. The number of tetrazole rings is 1. The Morgan fingerprint density at radius 1 is 1.03 bits per heavy atom. The molecule has 0 fully saturated rings. The molecule has 2 aromatic heterocycles. The van der Waals surface area contributed by atoms with Crippen molar-refractivity contribution in [2.75, 3.05) is 5.32 Å². The van der Waals surface area contributed by atoms with Crippen LogP contribution in [-0.2, 0) is 23.3 Å². The van der Waals surface area contributed by atoms with Gasteiger partial charge in [0.25, 0.3) is 0 Å². The van der Waals surface area contributed by atoms with E-state index in [1.165, 1.54) is 41.1 Å². The number of rotatable bonds is 9. The molecule has 0 aliphatic rings. The summed E-state index contributed by atoms with van der Waals surface area (Å²) in [5.74, 6) is -1.53. The normalized spacial score (nSPS) is 11.7. The van der Waals surface area contributed by atoms with Crippen molar-refractivity contribution >= 4 is 17.4 Å². The molecule has 178 valence electrons. The van der Waals surface area contributed by atoms with E-state index in [0.717, 1.165) is 5.56 Å². The highest BCUT2D eigenvalue weighted by molar-refractivity contribution is 6.10. The second kappa shape index (κ2) is 10.5. The van der Waals surface area contributed by atoms with Gasteiger partial charge in [0, 0.05) is 12.6 Å². The minimum Gasteiger partial charge on any atom is -0.425 e. The van der Waals surface area contributed by atoms with Gasteiger partial charge in [-0.2, -0.15) is 8.78 Å². The van der Waals surface area contributed by atoms with E-state index in [4.69, 9.17) is 4.84 Å². The molecule has 4 rings (SSSR count). The van der Waals surface area contributed by atoms with Crippen molar-refractivity contribution in [2.24, 2.45) is 12.2 Å². The molecule has 1 N–H and O–H groups in total. The Balaban J connectivity index is 1.44. The second-order valence-electron chi connectivity index (χ2n) is 7.11. The highest BCUT2D eigenvalue weighted by Crippen LogP contribution is 2.22. The number of nitrogens with zero attached hydrogens (tertiary/aromatic N) is 6. The number of anilines is 1. The van der Waals surface area contributed by atoms with Gasteiger partial charge in [0.05, 0.1) is 5.69 Å². The van der Waals surface area contributed by atoms with E-state index in [-0.39, 0.29) is 18.2 Å². The van der Waals surface area contributed by atoms with Gasteiger partial charge in [-0.1, -0.05) is 59.8 Å². The van der Waals surface area contributed by atoms with Crippen molar-refractivity contribution in [2.45, 2.75) is 12.7 Å². The minimum absolute atomic E-state index is 0.0998. The van der Waals surface area contributed by atoms with E-state index in [1.807, 2.05) is 30.3 Å². The van der Waals surface area contributed by atoms with Gasteiger partial charge in [0.15, 0.2) is 12.3 Å². The lowest BCUT2D eigenvalue weighted by atomic mass is 10.1. The van der Waals surface area contributed by atoms with Gasteiger partial charge in [-0.15, -0.1) is 5.10 Å². The highest BCUT2D eigenvalue weighted by Gasteiger charge is 2.42. The van der Waals surface area contributed by atoms with E-state index in [1.54, 1.807) is 19.2 Å². The molecule has 35 heavy (non-hydrogen) atoms. The summed E-state index contributed by atoms with van der Waals surface area (Å²) in [6.07, 6.45) is -4.10. The average Bonchev–Trinajstić information content (AvgIpc) is 3.28. The number of benzene rings is 2. The zero-order chi connectivity index (χ0) is 24.7. The molecule has 0 aliphatic carbocycles. The van der Waals surface area contributed by atoms with Crippen molar-refractivity contribution < 1.29 is 23.1 Å². The molecule has 0 saturated heterocycles. The lowest BCUT2D eigenvalue weighted by Gasteiger charge is -2.17. The van der Waals surface area contributed by atoms with Crippen molar-refractivity contribution in [3.8, 4) is 5.75 Å². The monoisotopic (exact) mass is 479 g/mol. The number of hydrogen-bond acceptors (Lipinski definition) is 8. The number of aromatic nitrogens is 5. The smallest absolute Gasteiger partial charge is 0.425 e. The van der Waals surface area contributed by atoms with Crippen LogP contribution in [0.25, 0.3) is 0 Å². The predicted molar refractivity (Wildman–Crippen MR) is 121 cm³/mol. The molecule has 1 amide bonds. The molecule has 0 spiro atoms. The maximum absolute atomic E-state index is 14.2. The summed E-state index contributed by atoms with van der Waals surface area (Å²) in [6.45, 7) is -0.109. The number of pyridine rings is 1. The van der Waals surface area contributed by atoms with Crippen LogP contribution in [0.3, 0.4) is 0 Å².